The molecule has 0 unspecified atom stereocenters. The Morgan fingerprint density at radius 2 is 1.83 bits per heavy atom. The Bertz CT molecular complexity index is 597. The van der Waals surface area contributed by atoms with E-state index >= 15 is 0 Å². The molecule has 2 aliphatic rings. The highest BCUT2D eigenvalue weighted by molar-refractivity contribution is 6.33. The van der Waals surface area contributed by atoms with Gasteiger partial charge < -0.3 is 14.5 Å². The molecule has 7 heteroatoms. The van der Waals surface area contributed by atoms with Gasteiger partial charge in [0.25, 0.3) is 0 Å². The fourth-order valence-corrected chi connectivity index (χ4v) is 4.11. The number of hydrogen-bond acceptors (Lipinski definition) is 5. The third-order valence-corrected chi connectivity index (χ3v) is 5.46. The van der Waals surface area contributed by atoms with E-state index < -0.39 is 4.92 Å². The predicted octanol–water partition coefficient (Wildman–Crippen LogP) is 3.71. The van der Waals surface area contributed by atoms with Crippen molar-refractivity contribution < 1.29 is 9.66 Å². The number of nitro groups is 1. The van der Waals surface area contributed by atoms with Crippen LogP contribution in [0.2, 0.25) is 5.02 Å². The molecular weight excluding hydrogens is 330 g/mol. The minimum absolute atomic E-state index is 0.0885. The van der Waals surface area contributed by atoms with Crippen molar-refractivity contribution in [2.75, 3.05) is 38.2 Å². The molecule has 132 valence electrons. The van der Waals surface area contributed by atoms with E-state index in [0.717, 1.165) is 31.6 Å². The van der Waals surface area contributed by atoms with Crippen molar-refractivity contribution in [2.45, 2.75) is 38.1 Å². The molecule has 0 saturated carbocycles. The maximum absolute atomic E-state index is 11.1. The Kier molecular flexibility index (Phi) is 5.46. The smallest absolute Gasteiger partial charge is 0.312 e. The van der Waals surface area contributed by atoms with Crippen molar-refractivity contribution in [3.05, 3.63) is 27.3 Å². The second-order valence-corrected chi connectivity index (χ2v) is 6.95. The van der Waals surface area contributed by atoms with E-state index in [9.17, 15) is 10.1 Å². The number of likely N-dealkylation sites (tertiary alicyclic amines) is 1. The van der Waals surface area contributed by atoms with Crippen LogP contribution in [0.1, 0.15) is 32.1 Å². The average molecular weight is 354 g/mol. The molecule has 0 amide bonds. The van der Waals surface area contributed by atoms with Crippen LogP contribution in [-0.4, -0.2) is 49.2 Å². The summed E-state index contributed by atoms with van der Waals surface area (Å²) >= 11 is 6.31. The van der Waals surface area contributed by atoms with Crippen LogP contribution in [0, 0.1) is 10.1 Å². The van der Waals surface area contributed by atoms with E-state index in [2.05, 4.69) is 9.80 Å². The molecule has 2 fully saturated rings. The second-order valence-electron chi connectivity index (χ2n) is 6.55. The second kappa shape index (κ2) is 7.57. The van der Waals surface area contributed by atoms with Crippen molar-refractivity contribution >= 4 is 23.0 Å². The van der Waals surface area contributed by atoms with E-state index in [1.807, 2.05) is 0 Å². The summed E-state index contributed by atoms with van der Waals surface area (Å²) in [6.07, 6.45) is 6.19. The standard InChI is InChI=1S/C17H24ClN3O3/c1-24-17-12-15(14(18)11-16(17)21(22)23)20-9-5-13(6-10-20)19-7-3-2-4-8-19/h11-13H,2-10H2,1H3. The zero-order chi connectivity index (χ0) is 17.1. The first-order valence-corrected chi connectivity index (χ1v) is 8.99. The van der Waals surface area contributed by atoms with E-state index in [1.54, 1.807) is 6.07 Å². The topological polar surface area (TPSA) is 58.8 Å². The summed E-state index contributed by atoms with van der Waals surface area (Å²) in [5, 5.41) is 11.5. The number of rotatable bonds is 4. The summed E-state index contributed by atoms with van der Waals surface area (Å²) in [4.78, 5) is 15.5. The van der Waals surface area contributed by atoms with Crippen LogP contribution in [0.3, 0.4) is 0 Å². The lowest BCUT2D eigenvalue weighted by Gasteiger charge is -2.41. The third-order valence-electron chi connectivity index (χ3n) is 5.16. The first kappa shape index (κ1) is 17.3. The molecule has 0 aromatic heterocycles. The zero-order valence-electron chi connectivity index (χ0n) is 14.0. The van der Waals surface area contributed by atoms with Gasteiger partial charge in [-0.25, -0.2) is 0 Å². The fraction of sp³-hybridized carbons (Fsp3) is 0.647. The molecule has 2 saturated heterocycles. The summed E-state index contributed by atoms with van der Waals surface area (Å²) in [7, 11) is 1.45. The number of nitro benzene ring substituents is 1. The third kappa shape index (κ3) is 3.59. The quantitative estimate of drug-likeness (QED) is 0.610. The number of ether oxygens (including phenoxy) is 1. The Hall–Kier alpha value is -1.53. The van der Waals surface area contributed by atoms with E-state index in [0.29, 0.717) is 11.1 Å². The molecule has 0 radical (unpaired) electrons. The van der Waals surface area contributed by atoms with E-state index in [-0.39, 0.29) is 11.4 Å². The Labute approximate surface area is 147 Å². The lowest BCUT2D eigenvalue weighted by atomic mass is 9.99. The average Bonchev–Trinajstić information content (AvgIpc) is 2.62. The molecule has 6 nitrogen and oxygen atoms in total. The molecule has 2 heterocycles. The van der Waals surface area contributed by atoms with Gasteiger partial charge in [0.1, 0.15) is 0 Å². The molecule has 0 bridgehead atoms. The maximum Gasteiger partial charge on any atom is 0.312 e. The monoisotopic (exact) mass is 353 g/mol. The van der Waals surface area contributed by atoms with Gasteiger partial charge in [-0.2, -0.15) is 0 Å². The van der Waals surface area contributed by atoms with Crippen molar-refractivity contribution in [3.8, 4) is 5.75 Å². The highest BCUT2D eigenvalue weighted by atomic mass is 35.5. The molecule has 0 spiro atoms. The molecule has 1 aromatic rings. The normalized spacial score (nSPS) is 20.2. The van der Waals surface area contributed by atoms with Gasteiger partial charge in [0, 0.05) is 31.3 Å². The zero-order valence-corrected chi connectivity index (χ0v) is 14.8. The van der Waals surface area contributed by atoms with Crippen molar-refractivity contribution in [1.29, 1.82) is 0 Å². The van der Waals surface area contributed by atoms with Gasteiger partial charge in [0.15, 0.2) is 5.75 Å². The van der Waals surface area contributed by atoms with Gasteiger partial charge in [0.05, 0.1) is 22.7 Å². The number of anilines is 1. The van der Waals surface area contributed by atoms with Gasteiger partial charge >= 0.3 is 5.69 Å². The van der Waals surface area contributed by atoms with Gasteiger partial charge in [-0.05, 0) is 38.8 Å². The van der Waals surface area contributed by atoms with Crippen LogP contribution >= 0.6 is 11.6 Å². The van der Waals surface area contributed by atoms with Crippen molar-refractivity contribution in [2.24, 2.45) is 0 Å². The lowest BCUT2D eigenvalue weighted by Crippen LogP contribution is -2.46. The number of hydrogen-bond donors (Lipinski definition) is 0. The fourth-order valence-electron chi connectivity index (χ4n) is 3.84. The Balaban J connectivity index is 1.70. The molecule has 3 rings (SSSR count). The Morgan fingerprint density at radius 3 is 2.42 bits per heavy atom. The van der Waals surface area contributed by atoms with Crippen LogP contribution in [0.5, 0.6) is 5.75 Å². The molecule has 24 heavy (non-hydrogen) atoms. The van der Waals surface area contributed by atoms with E-state index in [4.69, 9.17) is 16.3 Å². The number of piperidine rings is 2. The van der Waals surface area contributed by atoms with Crippen molar-refractivity contribution in [1.82, 2.24) is 4.90 Å². The van der Waals surface area contributed by atoms with E-state index in [1.165, 1.54) is 45.5 Å². The van der Waals surface area contributed by atoms with Crippen LogP contribution in [0.4, 0.5) is 11.4 Å². The predicted molar refractivity (Wildman–Crippen MR) is 95.3 cm³/mol. The number of benzene rings is 1. The minimum atomic E-state index is -0.461. The number of nitrogens with zero attached hydrogens (tertiary/aromatic N) is 3. The lowest BCUT2D eigenvalue weighted by molar-refractivity contribution is -0.385. The van der Waals surface area contributed by atoms with Gasteiger partial charge in [0.2, 0.25) is 0 Å². The Morgan fingerprint density at radius 1 is 1.17 bits per heavy atom. The number of halogens is 1. The molecule has 0 aliphatic carbocycles. The summed E-state index contributed by atoms with van der Waals surface area (Å²) in [6.45, 7) is 4.28. The van der Waals surface area contributed by atoms with Crippen molar-refractivity contribution in [3.63, 3.8) is 0 Å². The number of methoxy groups -OCH3 is 1. The SMILES string of the molecule is COc1cc(N2CCC(N3CCCCC3)CC2)c(Cl)cc1[N+](=O)[O-]. The minimum Gasteiger partial charge on any atom is -0.490 e. The molecule has 1 aromatic carbocycles. The van der Waals surface area contributed by atoms with Gasteiger partial charge in [-0.3, -0.25) is 10.1 Å². The maximum atomic E-state index is 11.1. The highest BCUT2D eigenvalue weighted by Gasteiger charge is 2.28. The highest BCUT2D eigenvalue weighted by Crippen LogP contribution is 2.39. The molecule has 2 aliphatic heterocycles. The summed E-state index contributed by atoms with van der Waals surface area (Å²) in [6, 6.07) is 3.74. The van der Waals surface area contributed by atoms with Crippen LogP contribution in [0.15, 0.2) is 12.1 Å². The largest absolute Gasteiger partial charge is 0.490 e. The van der Waals surface area contributed by atoms with Gasteiger partial charge in [-0.1, -0.05) is 18.0 Å². The summed E-state index contributed by atoms with van der Waals surface area (Å²) in [5.74, 6) is 0.262. The molecule has 0 atom stereocenters. The van der Waals surface area contributed by atoms with Crippen LogP contribution in [0.25, 0.3) is 0 Å². The molecule has 0 N–H and O–H groups in total. The van der Waals surface area contributed by atoms with Crippen LogP contribution in [-0.2, 0) is 0 Å². The summed E-state index contributed by atoms with van der Waals surface area (Å²) < 4.78 is 5.17. The summed E-state index contributed by atoms with van der Waals surface area (Å²) in [5.41, 5.74) is 0.741. The first-order valence-electron chi connectivity index (χ1n) is 8.61. The van der Waals surface area contributed by atoms with Crippen LogP contribution < -0.4 is 9.64 Å². The molecular formula is C17H24ClN3O3. The first-order chi connectivity index (χ1) is 11.6. The van der Waals surface area contributed by atoms with Gasteiger partial charge in [-0.15, -0.1) is 0 Å².